The summed E-state index contributed by atoms with van der Waals surface area (Å²) in [6, 6.07) is 25.3. The molecule has 0 aromatic heterocycles. The highest BCUT2D eigenvalue weighted by Gasteiger charge is 2.20. The molecule has 0 spiro atoms. The monoisotopic (exact) mass is 698 g/mol. The van der Waals surface area contributed by atoms with Crippen LogP contribution in [-0.4, -0.2) is 46.2 Å². The summed E-state index contributed by atoms with van der Waals surface area (Å²) in [4.78, 5) is -0.340. The summed E-state index contributed by atoms with van der Waals surface area (Å²) in [5.41, 5.74) is 1.81. The van der Waals surface area contributed by atoms with Gasteiger partial charge in [0.05, 0.1) is 19.1 Å². The lowest BCUT2D eigenvalue weighted by molar-refractivity contribution is 0.415. The van der Waals surface area contributed by atoms with E-state index in [2.05, 4.69) is 20.5 Å². The highest BCUT2D eigenvalue weighted by Crippen LogP contribution is 2.43. The highest BCUT2D eigenvalue weighted by molar-refractivity contribution is 7.86. The van der Waals surface area contributed by atoms with E-state index in [0.29, 0.717) is 39.1 Å². The van der Waals surface area contributed by atoms with Crippen LogP contribution >= 0.6 is 0 Å². The van der Waals surface area contributed by atoms with Gasteiger partial charge < -0.3 is 24.2 Å². The van der Waals surface area contributed by atoms with Gasteiger partial charge in [-0.25, -0.2) is 4.21 Å². The smallest absolute Gasteiger partial charge is 0.295 e. The first-order chi connectivity index (χ1) is 23.5. The molecule has 0 saturated carbocycles. The SMILES string of the molecule is COc1cc(-c2ccc(N=Nc3cc(S(=O)(=O)O)c4ccccc4c3O)c(OC)c2)ccc1N=Nc1cc(S(=O)O)c2ccccc2c1O. The zero-order valence-corrected chi connectivity index (χ0v) is 27.3. The summed E-state index contributed by atoms with van der Waals surface area (Å²) in [6.07, 6.45) is 0. The molecule has 0 radical (unpaired) electrons. The molecule has 0 aliphatic heterocycles. The lowest BCUT2D eigenvalue weighted by Gasteiger charge is -2.11. The van der Waals surface area contributed by atoms with E-state index < -0.39 is 26.1 Å². The van der Waals surface area contributed by atoms with Gasteiger partial charge in [-0.05, 0) is 47.5 Å². The minimum absolute atomic E-state index is 0.00272. The minimum atomic E-state index is -4.63. The summed E-state index contributed by atoms with van der Waals surface area (Å²) < 4.78 is 66.7. The molecule has 248 valence electrons. The molecule has 1 unspecified atom stereocenters. The number of ether oxygens (including phenoxy) is 2. The molecule has 0 saturated heterocycles. The van der Waals surface area contributed by atoms with E-state index >= 15 is 0 Å². The number of azo groups is 2. The average molecular weight is 699 g/mol. The Bertz CT molecular complexity index is 2470. The van der Waals surface area contributed by atoms with Gasteiger partial charge in [-0.3, -0.25) is 4.55 Å². The molecule has 49 heavy (non-hydrogen) atoms. The summed E-state index contributed by atoms with van der Waals surface area (Å²) >= 11 is -2.33. The van der Waals surface area contributed by atoms with E-state index in [9.17, 15) is 31.9 Å². The Kier molecular flexibility index (Phi) is 9.07. The van der Waals surface area contributed by atoms with Crippen molar-refractivity contribution in [3.8, 4) is 34.1 Å². The molecule has 4 N–H and O–H groups in total. The third-order valence-electron chi connectivity index (χ3n) is 7.61. The van der Waals surface area contributed by atoms with Gasteiger partial charge in [0, 0.05) is 21.5 Å². The topological polar surface area (TPSA) is 200 Å². The Hall–Kier alpha value is -5.74. The molecule has 0 fully saturated rings. The third-order valence-corrected chi connectivity index (χ3v) is 9.21. The van der Waals surface area contributed by atoms with Crippen LogP contribution < -0.4 is 9.47 Å². The third kappa shape index (κ3) is 6.55. The minimum Gasteiger partial charge on any atom is -0.505 e. The van der Waals surface area contributed by atoms with Crippen molar-refractivity contribution in [2.24, 2.45) is 20.5 Å². The summed E-state index contributed by atoms with van der Waals surface area (Å²) in [6.45, 7) is 0. The van der Waals surface area contributed by atoms with Gasteiger partial charge in [0.2, 0.25) is 0 Å². The molecular formula is C34H26N4O9S2. The van der Waals surface area contributed by atoms with Gasteiger partial charge in [0.15, 0.2) is 22.6 Å². The van der Waals surface area contributed by atoms with E-state index in [-0.39, 0.29) is 44.2 Å². The molecule has 15 heteroatoms. The standard InChI is InChI=1S/C34H26N4O9S2/c1-46-29-15-19(11-13-25(29)35-37-27-17-31(48(41)42)21-7-3-5-9-23(21)33(27)39)20-12-14-26(30(16-20)47-2)36-38-28-18-32(49(43,44)45)22-8-4-6-10-24(22)34(28)40/h3-18,39-40H,1-2H3,(H,41,42)(H,43,44,45). The number of aromatic hydroxyl groups is 2. The van der Waals surface area contributed by atoms with Crippen LogP contribution in [0.3, 0.4) is 0 Å². The Morgan fingerprint density at radius 2 is 1.02 bits per heavy atom. The molecule has 0 aliphatic rings. The van der Waals surface area contributed by atoms with E-state index in [0.717, 1.165) is 6.07 Å². The van der Waals surface area contributed by atoms with Crippen molar-refractivity contribution in [3.63, 3.8) is 0 Å². The van der Waals surface area contributed by atoms with Crippen LogP contribution in [0.1, 0.15) is 0 Å². The largest absolute Gasteiger partial charge is 0.505 e. The zero-order valence-electron chi connectivity index (χ0n) is 25.7. The zero-order chi connectivity index (χ0) is 34.9. The van der Waals surface area contributed by atoms with Crippen LogP contribution in [0.4, 0.5) is 22.7 Å². The second-order valence-corrected chi connectivity index (χ2v) is 12.8. The average Bonchev–Trinajstić information content (AvgIpc) is 3.10. The van der Waals surface area contributed by atoms with Crippen molar-refractivity contribution < 1.29 is 41.4 Å². The second kappa shape index (κ2) is 13.4. The molecule has 13 nitrogen and oxygen atoms in total. The number of phenols is 2. The Morgan fingerprint density at radius 1 is 0.592 bits per heavy atom. The first-order valence-electron chi connectivity index (χ1n) is 14.3. The summed E-state index contributed by atoms with van der Waals surface area (Å²) in [5, 5.41) is 39.3. The van der Waals surface area contributed by atoms with Crippen LogP contribution in [0.5, 0.6) is 23.0 Å². The van der Waals surface area contributed by atoms with Gasteiger partial charge in [0.1, 0.15) is 39.1 Å². The van der Waals surface area contributed by atoms with Gasteiger partial charge in [-0.1, -0.05) is 60.7 Å². The molecule has 0 aliphatic carbocycles. The number of hydrogen-bond acceptors (Lipinski definition) is 11. The molecular weight excluding hydrogens is 673 g/mol. The van der Waals surface area contributed by atoms with Gasteiger partial charge >= 0.3 is 0 Å². The van der Waals surface area contributed by atoms with E-state index in [4.69, 9.17) is 9.47 Å². The fraction of sp³-hybridized carbons (Fsp3) is 0.0588. The fourth-order valence-corrected chi connectivity index (χ4v) is 6.53. The van der Waals surface area contributed by atoms with Gasteiger partial charge in [0.25, 0.3) is 10.1 Å². The van der Waals surface area contributed by atoms with E-state index in [1.807, 2.05) is 0 Å². The lowest BCUT2D eigenvalue weighted by atomic mass is 10.0. The van der Waals surface area contributed by atoms with Crippen LogP contribution in [0.2, 0.25) is 0 Å². The van der Waals surface area contributed by atoms with E-state index in [1.54, 1.807) is 72.8 Å². The van der Waals surface area contributed by atoms with Crippen molar-refractivity contribution in [2.45, 2.75) is 9.79 Å². The van der Waals surface area contributed by atoms with Crippen LogP contribution in [-0.2, 0) is 21.2 Å². The molecule has 0 bridgehead atoms. The molecule has 6 rings (SSSR count). The molecule has 0 amide bonds. The second-order valence-electron chi connectivity index (χ2n) is 10.5. The van der Waals surface area contributed by atoms with Crippen molar-refractivity contribution >= 4 is 65.5 Å². The van der Waals surface area contributed by atoms with E-state index in [1.165, 1.54) is 32.4 Å². The van der Waals surface area contributed by atoms with Crippen molar-refractivity contribution in [1.82, 2.24) is 0 Å². The first kappa shape index (κ1) is 33.2. The lowest BCUT2D eigenvalue weighted by Crippen LogP contribution is -1.99. The Balaban J connectivity index is 1.31. The van der Waals surface area contributed by atoms with Gasteiger partial charge in [-0.2, -0.15) is 8.42 Å². The normalized spacial score (nSPS) is 12.7. The number of fused-ring (bicyclic) bond motifs is 2. The Morgan fingerprint density at radius 3 is 1.49 bits per heavy atom. The number of hydrogen-bond donors (Lipinski definition) is 4. The predicted octanol–water partition coefficient (Wildman–Crippen LogP) is 8.75. The summed E-state index contributed by atoms with van der Waals surface area (Å²) in [5.74, 6) is 0.147. The molecule has 1 atom stereocenters. The number of nitrogens with zero attached hydrogens (tertiary/aromatic N) is 4. The fourth-order valence-electron chi connectivity index (χ4n) is 5.23. The van der Waals surface area contributed by atoms with Gasteiger partial charge in [-0.15, -0.1) is 20.5 Å². The molecule has 0 heterocycles. The number of benzene rings is 6. The Labute approximate surface area is 281 Å². The van der Waals surface area contributed by atoms with Crippen molar-refractivity contribution in [3.05, 3.63) is 97.1 Å². The van der Waals surface area contributed by atoms with Crippen molar-refractivity contribution in [1.29, 1.82) is 0 Å². The number of rotatable bonds is 9. The maximum absolute atomic E-state index is 12.0. The maximum Gasteiger partial charge on any atom is 0.295 e. The summed E-state index contributed by atoms with van der Waals surface area (Å²) in [7, 11) is -1.74. The number of phenolic OH excluding ortho intramolecular Hbond substituents is 2. The molecule has 6 aromatic rings. The van der Waals surface area contributed by atoms with Crippen LogP contribution in [0, 0.1) is 0 Å². The van der Waals surface area contributed by atoms with Crippen LogP contribution in [0.15, 0.2) is 127 Å². The first-order valence-corrected chi connectivity index (χ1v) is 16.8. The maximum atomic E-state index is 12.0. The molecule has 6 aromatic carbocycles. The van der Waals surface area contributed by atoms with Crippen molar-refractivity contribution in [2.75, 3.05) is 14.2 Å². The van der Waals surface area contributed by atoms with Crippen LogP contribution in [0.25, 0.3) is 32.7 Å². The number of methoxy groups -OCH3 is 2. The quantitative estimate of drug-likeness (QED) is 0.0647. The predicted molar refractivity (Wildman–Crippen MR) is 183 cm³/mol. The highest BCUT2D eigenvalue weighted by atomic mass is 32.2.